The van der Waals surface area contributed by atoms with Crippen molar-refractivity contribution in [3.8, 4) is 5.75 Å². The van der Waals surface area contributed by atoms with Crippen molar-refractivity contribution in [1.29, 1.82) is 0 Å². The van der Waals surface area contributed by atoms with Gasteiger partial charge >= 0.3 is 0 Å². The van der Waals surface area contributed by atoms with Gasteiger partial charge in [-0.1, -0.05) is 48.0 Å². The number of benzene rings is 3. The van der Waals surface area contributed by atoms with Crippen molar-refractivity contribution in [2.75, 3.05) is 7.11 Å². The molecule has 0 unspecified atom stereocenters. The third kappa shape index (κ3) is 4.16. The minimum absolute atomic E-state index is 0.189. The van der Waals surface area contributed by atoms with Crippen molar-refractivity contribution in [2.45, 2.75) is 20.0 Å². The Labute approximate surface area is 179 Å². The molecule has 0 bridgehead atoms. The zero-order chi connectivity index (χ0) is 21.1. The summed E-state index contributed by atoms with van der Waals surface area (Å²) in [6, 6.07) is 20.5. The van der Waals surface area contributed by atoms with Gasteiger partial charge in [0.1, 0.15) is 11.3 Å². The van der Waals surface area contributed by atoms with E-state index in [0.29, 0.717) is 34.4 Å². The average molecular weight is 421 g/mol. The van der Waals surface area contributed by atoms with Crippen molar-refractivity contribution in [2.24, 2.45) is 0 Å². The van der Waals surface area contributed by atoms with Gasteiger partial charge in [0.2, 0.25) is 5.89 Å². The Hall–Kier alpha value is -3.31. The predicted molar refractivity (Wildman–Crippen MR) is 117 cm³/mol. The lowest BCUT2D eigenvalue weighted by Gasteiger charge is -2.23. The number of aryl methyl sites for hydroxylation is 1. The largest absolute Gasteiger partial charge is 0.496 e. The molecule has 0 N–H and O–H groups in total. The van der Waals surface area contributed by atoms with Crippen molar-refractivity contribution < 1.29 is 13.9 Å². The van der Waals surface area contributed by atoms with Crippen molar-refractivity contribution >= 4 is 28.6 Å². The third-order valence-electron chi connectivity index (χ3n) is 4.86. The van der Waals surface area contributed by atoms with Gasteiger partial charge in [0, 0.05) is 11.6 Å². The van der Waals surface area contributed by atoms with E-state index in [1.165, 1.54) is 0 Å². The molecular weight excluding hydrogens is 400 g/mol. The second-order valence-corrected chi connectivity index (χ2v) is 7.44. The fourth-order valence-corrected chi connectivity index (χ4v) is 3.54. The monoisotopic (exact) mass is 420 g/mol. The van der Waals surface area contributed by atoms with Gasteiger partial charge in [0.25, 0.3) is 5.91 Å². The minimum Gasteiger partial charge on any atom is -0.496 e. The molecule has 1 amide bonds. The molecule has 0 spiro atoms. The number of para-hydroxylation sites is 1. The lowest BCUT2D eigenvalue weighted by molar-refractivity contribution is 0.0712. The molecule has 0 saturated heterocycles. The Balaban J connectivity index is 1.70. The van der Waals surface area contributed by atoms with Crippen LogP contribution in [0.4, 0.5) is 0 Å². The van der Waals surface area contributed by atoms with E-state index < -0.39 is 0 Å². The van der Waals surface area contributed by atoms with Gasteiger partial charge in [0.15, 0.2) is 5.58 Å². The number of amides is 1. The van der Waals surface area contributed by atoms with Crippen LogP contribution in [0.2, 0.25) is 5.02 Å². The first-order valence-corrected chi connectivity index (χ1v) is 9.94. The highest BCUT2D eigenvalue weighted by Crippen LogP contribution is 2.25. The van der Waals surface area contributed by atoms with Crippen LogP contribution in [-0.2, 0) is 13.1 Å². The van der Waals surface area contributed by atoms with E-state index in [9.17, 15) is 4.79 Å². The van der Waals surface area contributed by atoms with Crippen LogP contribution in [0.1, 0.15) is 27.4 Å². The molecular formula is C24H21ClN2O3. The Kier molecular flexibility index (Phi) is 5.72. The number of carbonyl (C=O) groups excluding carboxylic acids is 1. The average Bonchev–Trinajstić information content (AvgIpc) is 3.15. The fourth-order valence-electron chi connectivity index (χ4n) is 3.34. The standard InChI is InChI=1S/C24H21ClN2O3/c1-16-11-12-22-20(13-16)26-23(30-22)15-27(14-17-7-3-5-9-19(17)25)24(28)18-8-4-6-10-21(18)29-2/h3-13H,14-15H2,1-2H3. The first kappa shape index (κ1) is 20.0. The summed E-state index contributed by atoms with van der Waals surface area (Å²) in [7, 11) is 1.55. The third-order valence-corrected chi connectivity index (χ3v) is 5.23. The second-order valence-electron chi connectivity index (χ2n) is 7.03. The number of rotatable bonds is 6. The molecule has 0 aliphatic rings. The lowest BCUT2D eigenvalue weighted by atomic mass is 10.1. The summed E-state index contributed by atoms with van der Waals surface area (Å²) in [5.74, 6) is 0.788. The number of hydrogen-bond acceptors (Lipinski definition) is 4. The molecule has 0 radical (unpaired) electrons. The molecule has 0 saturated carbocycles. The van der Waals surface area contributed by atoms with Gasteiger partial charge in [-0.3, -0.25) is 4.79 Å². The van der Waals surface area contributed by atoms with E-state index in [4.69, 9.17) is 20.8 Å². The predicted octanol–water partition coefficient (Wildman–Crippen LogP) is 5.64. The van der Waals surface area contributed by atoms with E-state index in [-0.39, 0.29) is 12.5 Å². The maximum absolute atomic E-state index is 13.4. The van der Waals surface area contributed by atoms with E-state index in [1.54, 1.807) is 24.1 Å². The number of aromatic nitrogens is 1. The SMILES string of the molecule is COc1ccccc1C(=O)N(Cc1nc2cc(C)ccc2o1)Cc1ccccc1Cl. The molecule has 0 fully saturated rings. The Morgan fingerprint density at radius 2 is 1.83 bits per heavy atom. The van der Waals surface area contributed by atoms with Crippen LogP contribution in [0.15, 0.2) is 71.1 Å². The van der Waals surface area contributed by atoms with Crippen molar-refractivity contribution in [3.63, 3.8) is 0 Å². The van der Waals surface area contributed by atoms with Gasteiger partial charge in [-0.15, -0.1) is 0 Å². The number of methoxy groups -OCH3 is 1. The molecule has 3 aromatic carbocycles. The van der Waals surface area contributed by atoms with E-state index in [1.807, 2.05) is 61.5 Å². The fraction of sp³-hybridized carbons (Fsp3) is 0.167. The molecule has 0 aliphatic carbocycles. The van der Waals surface area contributed by atoms with Gasteiger partial charge in [-0.25, -0.2) is 4.98 Å². The second kappa shape index (κ2) is 8.59. The maximum Gasteiger partial charge on any atom is 0.258 e. The Bertz CT molecular complexity index is 1200. The highest BCUT2D eigenvalue weighted by molar-refractivity contribution is 6.31. The molecule has 4 aromatic rings. The smallest absolute Gasteiger partial charge is 0.258 e. The molecule has 6 heteroatoms. The Morgan fingerprint density at radius 1 is 1.07 bits per heavy atom. The topological polar surface area (TPSA) is 55.6 Å². The summed E-state index contributed by atoms with van der Waals surface area (Å²) in [6.07, 6.45) is 0. The molecule has 0 aliphatic heterocycles. The Morgan fingerprint density at radius 3 is 2.63 bits per heavy atom. The van der Waals surface area contributed by atoms with Crippen molar-refractivity contribution in [3.05, 3.63) is 94.3 Å². The quantitative estimate of drug-likeness (QED) is 0.405. The van der Waals surface area contributed by atoms with Gasteiger partial charge in [-0.2, -0.15) is 0 Å². The summed E-state index contributed by atoms with van der Waals surface area (Å²) in [5.41, 5.74) is 3.87. The van der Waals surface area contributed by atoms with Gasteiger partial charge in [0.05, 0.1) is 19.2 Å². The molecule has 4 rings (SSSR count). The van der Waals surface area contributed by atoms with Crippen LogP contribution >= 0.6 is 11.6 Å². The van der Waals surface area contributed by atoms with Gasteiger partial charge in [-0.05, 0) is 48.4 Å². The normalized spacial score (nSPS) is 10.9. The molecule has 1 aromatic heterocycles. The lowest BCUT2D eigenvalue weighted by Crippen LogP contribution is -2.30. The molecule has 152 valence electrons. The van der Waals surface area contributed by atoms with Crippen molar-refractivity contribution in [1.82, 2.24) is 9.88 Å². The van der Waals surface area contributed by atoms with Crippen LogP contribution < -0.4 is 4.74 Å². The number of fused-ring (bicyclic) bond motifs is 1. The van der Waals surface area contributed by atoms with Crippen LogP contribution in [0.5, 0.6) is 5.75 Å². The number of carbonyl (C=O) groups is 1. The number of hydrogen-bond donors (Lipinski definition) is 0. The maximum atomic E-state index is 13.4. The first-order valence-electron chi connectivity index (χ1n) is 9.57. The zero-order valence-electron chi connectivity index (χ0n) is 16.8. The summed E-state index contributed by atoms with van der Waals surface area (Å²) < 4.78 is 11.3. The minimum atomic E-state index is -0.189. The van der Waals surface area contributed by atoms with Gasteiger partial charge < -0.3 is 14.1 Å². The highest BCUT2D eigenvalue weighted by atomic mass is 35.5. The van der Waals surface area contributed by atoms with E-state index in [0.717, 1.165) is 16.6 Å². The van der Waals surface area contributed by atoms with E-state index in [2.05, 4.69) is 4.98 Å². The summed E-state index contributed by atoms with van der Waals surface area (Å²) in [4.78, 5) is 19.7. The number of nitrogens with zero attached hydrogens (tertiary/aromatic N) is 2. The summed E-state index contributed by atoms with van der Waals surface area (Å²) in [6.45, 7) is 2.52. The van der Waals surface area contributed by atoms with Crippen LogP contribution in [0.3, 0.4) is 0 Å². The summed E-state index contributed by atoms with van der Waals surface area (Å²) >= 11 is 6.36. The number of halogens is 1. The number of oxazole rings is 1. The number of ether oxygens (including phenoxy) is 1. The zero-order valence-corrected chi connectivity index (χ0v) is 17.5. The molecule has 1 heterocycles. The highest BCUT2D eigenvalue weighted by Gasteiger charge is 2.23. The van der Waals surface area contributed by atoms with Crippen LogP contribution in [0.25, 0.3) is 11.1 Å². The molecule has 30 heavy (non-hydrogen) atoms. The molecule has 5 nitrogen and oxygen atoms in total. The first-order chi connectivity index (χ1) is 14.5. The molecule has 0 atom stereocenters. The van der Waals surface area contributed by atoms with Crippen LogP contribution in [-0.4, -0.2) is 22.9 Å². The van der Waals surface area contributed by atoms with Crippen LogP contribution in [0, 0.1) is 6.92 Å². The van der Waals surface area contributed by atoms with E-state index >= 15 is 0 Å². The summed E-state index contributed by atoms with van der Waals surface area (Å²) in [5, 5.41) is 0.600.